The molecule has 0 amide bonds. The Labute approximate surface area is 77.9 Å². The molecule has 0 aliphatic carbocycles. The van der Waals surface area contributed by atoms with Crippen LogP contribution in [0, 0.1) is 6.92 Å². The zero-order chi connectivity index (χ0) is 8.72. The molecule has 0 N–H and O–H groups in total. The van der Waals surface area contributed by atoms with Gasteiger partial charge in [0.2, 0.25) is 0 Å². The van der Waals surface area contributed by atoms with E-state index in [1.54, 1.807) is 4.31 Å². The summed E-state index contributed by atoms with van der Waals surface area (Å²) in [5, 5.41) is 0. The second-order valence-electron chi connectivity index (χ2n) is 2.77. The Morgan fingerprint density at radius 2 is 2.25 bits per heavy atom. The fraction of sp³-hybridized carbons (Fsp3) is 0.250. The molecule has 0 saturated carbocycles. The number of fused-ring (bicyclic) bond motifs is 1. The van der Waals surface area contributed by atoms with Crippen LogP contribution in [0.2, 0.25) is 0 Å². The first-order chi connectivity index (χ1) is 5.68. The van der Waals surface area contributed by atoms with E-state index in [2.05, 4.69) is 6.07 Å². The molecular formula is C8H9NOS2. The van der Waals surface area contributed by atoms with Gasteiger partial charge in [-0.3, -0.25) is 4.31 Å². The first kappa shape index (κ1) is 8.13. The molecule has 0 spiro atoms. The Hall–Kier alpha value is -0.480. The number of hydrogen-bond donors (Lipinski definition) is 0. The van der Waals surface area contributed by atoms with Crippen LogP contribution in [0.4, 0.5) is 5.69 Å². The smallest absolute Gasteiger partial charge is 0.186 e. The average Bonchev–Trinajstić information content (AvgIpc) is 2.28. The van der Waals surface area contributed by atoms with Crippen LogP contribution >= 0.6 is 10.8 Å². The predicted octanol–water partition coefficient (Wildman–Crippen LogP) is 2.12. The van der Waals surface area contributed by atoms with Gasteiger partial charge in [-0.25, -0.2) is 4.21 Å². The highest BCUT2D eigenvalue weighted by Gasteiger charge is 2.23. The van der Waals surface area contributed by atoms with Gasteiger partial charge in [-0.1, -0.05) is 6.07 Å². The molecule has 1 atom stereocenters. The van der Waals surface area contributed by atoms with Gasteiger partial charge in [0, 0.05) is 11.9 Å². The van der Waals surface area contributed by atoms with Crippen molar-refractivity contribution in [2.45, 2.75) is 11.8 Å². The van der Waals surface area contributed by atoms with Gasteiger partial charge in [0.1, 0.15) is 0 Å². The van der Waals surface area contributed by atoms with Gasteiger partial charge in [-0.15, -0.1) is 0 Å². The van der Waals surface area contributed by atoms with Crippen LogP contribution in [0.1, 0.15) is 5.56 Å². The van der Waals surface area contributed by atoms with Crippen molar-refractivity contribution in [3.8, 4) is 0 Å². The maximum atomic E-state index is 11.3. The third-order valence-electron chi connectivity index (χ3n) is 1.84. The van der Waals surface area contributed by atoms with Gasteiger partial charge >= 0.3 is 0 Å². The summed E-state index contributed by atoms with van der Waals surface area (Å²) in [5.74, 6) is 0. The van der Waals surface area contributed by atoms with Gasteiger partial charge in [-0.05, 0) is 35.4 Å². The molecule has 0 radical (unpaired) electrons. The first-order valence-electron chi connectivity index (χ1n) is 3.63. The Morgan fingerprint density at radius 1 is 1.50 bits per heavy atom. The summed E-state index contributed by atoms with van der Waals surface area (Å²) in [7, 11) is 2.34. The van der Waals surface area contributed by atoms with E-state index in [-0.39, 0.29) is 0 Å². The number of aryl methyl sites for hydroxylation is 1. The van der Waals surface area contributed by atoms with E-state index in [4.69, 9.17) is 0 Å². The lowest BCUT2D eigenvalue weighted by molar-refractivity contribution is 0.691. The summed E-state index contributed by atoms with van der Waals surface area (Å²) >= 11 is 0. The van der Waals surface area contributed by atoms with Crippen molar-refractivity contribution in [2.24, 2.45) is 0 Å². The van der Waals surface area contributed by atoms with Crippen molar-refractivity contribution in [3.05, 3.63) is 23.8 Å². The van der Waals surface area contributed by atoms with E-state index in [1.165, 1.54) is 16.4 Å². The highest BCUT2D eigenvalue weighted by molar-refractivity contribution is 8.70. The number of benzene rings is 1. The van der Waals surface area contributed by atoms with E-state index in [9.17, 15) is 4.21 Å². The molecule has 1 aromatic rings. The minimum Gasteiger partial charge on any atom is -0.285 e. The number of nitrogens with zero attached hydrogens (tertiary/aromatic N) is 1. The minimum absolute atomic E-state index is 0.922. The summed E-state index contributed by atoms with van der Waals surface area (Å²) in [5.41, 5.74) is 2.29. The zero-order valence-electron chi connectivity index (χ0n) is 6.90. The standard InChI is InChI=1S/C8H9NOS2/c1-6-3-4-7-8(5-6)11-12(10)9(7)2/h3-5H,1-2H3. The fourth-order valence-corrected chi connectivity index (χ4v) is 3.77. The van der Waals surface area contributed by atoms with Gasteiger partial charge in [0.15, 0.2) is 10.0 Å². The Bertz CT molecular complexity index is 351. The third kappa shape index (κ3) is 1.15. The molecule has 4 heteroatoms. The van der Waals surface area contributed by atoms with E-state index >= 15 is 0 Å². The zero-order valence-corrected chi connectivity index (χ0v) is 8.54. The quantitative estimate of drug-likeness (QED) is 0.596. The maximum Gasteiger partial charge on any atom is 0.186 e. The number of hydrogen-bond acceptors (Lipinski definition) is 2. The number of anilines is 1. The van der Waals surface area contributed by atoms with E-state index in [0.717, 1.165) is 10.6 Å². The van der Waals surface area contributed by atoms with Crippen LogP contribution in [0.5, 0.6) is 0 Å². The Kier molecular flexibility index (Phi) is 1.88. The van der Waals surface area contributed by atoms with Crippen molar-refractivity contribution in [2.75, 3.05) is 11.4 Å². The van der Waals surface area contributed by atoms with Crippen molar-refractivity contribution in [1.82, 2.24) is 0 Å². The third-order valence-corrected chi connectivity index (χ3v) is 4.77. The van der Waals surface area contributed by atoms with Crippen LogP contribution in [0.3, 0.4) is 0 Å². The SMILES string of the molecule is Cc1ccc2c(c1)SS(=O)N2C. The second-order valence-corrected chi connectivity index (χ2v) is 5.71. The molecule has 0 bridgehead atoms. The number of rotatable bonds is 0. The van der Waals surface area contributed by atoms with Crippen LogP contribution in [0.25, 0.3) is 0 Å². The Morgan fingerprint density at radius 3 is 3.00 bits per heavy atom. The first-order valence-corrected chi connectivity index (χ1v) is 6.07. The molecule has 2 nitrogen and oxygen atoms in total. The normalized spacial score (nSPS) is 21.2. The molecule has 12 heavy (non-hydrogen) atoms. The molecule has 64 valence electrons. The molecule has 1 unspecified atom stereocenters. The van der Waals surface area contributed by atoms with Crippen molar-refractivity contribution >= 4 is 26.5 Å². The largest absolute Gasteiger partial charge is 0.285 e. The second kappa shape index (κ2) is 2.78. The summed E-state index contributed by atoms with van der Waals surface area (Å²) in [6, 6.07) is 6.13. The lowest BCUT2D eigenvalue weighted by Gasteiger charge is -2.07. The summed E-state index contributed by atoms with van der Waals surface area (Å²) in [6.07, 6.45) is 0. The van der Waals surface area contributed by atoms with E-state index in [1.807, 2.05) is 26.1 Å². The topological polar surface area (TPSA) is 20.3 Å². The predicted molar refractivity (Wildman–Crippen MR) is 53.6 cm³/mol. The van der Waals surface area contributed by atoms with Crippen molar-refractivity contribution < 1.29 is 4.21 Å². The van der Waals surface area contributed by atoms with Crippen LogP contribution in [-0.2, 0) is 10.0 Å². The van der Waals surface area contributed by atoms with Crippen LogP contribution in [-0.4, -0.2) is 11.3 Å². The van der Waals surface area contributed by atoms with Crippen molar-refractivity contribution in [3.63, 3.8) is 0 Å². The fourth-order valence-electron chi connectivity index (χ4n) is 1.16. The van der Waals surface area contributed by atoms with Crippen LogP contribution in [0.15, 0.2) is 23.1 Å². The Balaban J connectivity index is 2.54. The van der Waals surface area contributed by atoms with Crippen molar-refractivity contribution in [1.29, 1.82) is 0 Å². The highest BCUT2D eigenvalue weighted by Crippen LogP contribution is 2.41. The van der Waals surface area contributed by atoms with Gasteiger partial charge in [0.05, 0.1) is 5.69 Å². The molecular weight excluding hydrogens is 190 g/mol. The molecule has 1 aliphatic heterocycles. The summed E-state index contributed by atoms with van der Waals surface area (Å²) in [6.45, 7) is 2.04. The molecule has 1 aliphatic rings. The van der Waals surface area contributed by atoms with E-state index in [0.29, 0.717) is 0 Å². The maximum absolute atomic E-state index is 11.3. The monoisotopic (exact) mass is 199 g/mol. The van der Waals surface area contributed by atoms with Gasteiger partial charge in [-0.2, -0.15) is 0 Å². The summed E-state index contributed by atoms with van der Waals surface area (Å²) < 4.78 is 13.1. The molecule has 0 aromatic heterocycles. The summed E-state index contributed by atoms with van der Waals surface area (Å²) in [4.78, 5) is 1.12. The van der Waals surface area contributed by atoms with Gasteiger partial charge < -0.3 is 0 Å². The average molecular weight is 199 g/mol. The molecule has 1 aromatic carbocycles. The molecule has 0 saturated heterocycles. The van der Waals surface area contributed by atoms with E-state index < -0.39 is 10.0 Å². The van der Waals surface area contributed by atoms with Gasteiger partial charge in [0.25, 0.3) is 0 Å². The lowest BCUT2D eigenvalue weighted by Crippen LogP contribution is -2.11. The molecule has 1 heterocycles. The molecule has 2 rings (SSSR count). The van der Waals surface area contributed by atoms with Crippen LogP contribution < -0.4 is 4.31 Å². The highest BCUT2D eigenvalue weighted by atomic mass is 33.1. The lowest BCUT2D eigenvalue weighted by atomic mass is 10.2. The molecule has 0 fully saturated rings. The minimum atomic E-state index is -0.922.